The standard InChI is InChI=1S/C50H67N5O8S2/c1-49(2)41-33-39(64(58,59)60)22-24-43(41)53(30-11-29-52(5)6)45(49)26-18-36-13-10-14-37(48(36)51-38-20-15-35(16-21-38)17-28-47(56)57)19-27-46-50(3,4)42-34-40(65(61,62)63)23-25-44(42)54(46)31-12-32-55(7,8)9/h15,18-20,22-27,33-34H,10-14,16-17,21,28-32H2,1-9H3,(H2-,56,57,58,59,60,61,62,63)/p+2. The zero-order valence-corrected chi connectivity index (χ0v) is 41.2. The van der Waals surface area contributed by atoms with E-state index in [9.17, 15) is 35.8 Å². The van der Waals surface area contributed by atoms with Gasteiger partial charge in [0.05, 0.1) is 49.3 Å². The molecule has 0 radical (unpaired) electrons. The molecule has 0 saturated carbocycles. The van der Waals surface area contributed by atoms with Crippen LogP contribution in [-0.4, -0.2) is 118 Å². The highest BCUT2D eigenvalue weighted by molar-refractivity contribution is 7.86. The molecule has 0 amide bonds. The summed E-state index contributed by atoms with van der Waals surface area (Å²) in [7, 11) is 1.75. The predicted octanol–water partition coefficient (Wildman–Crippen LogP) is 8.27. The molecule has 65 heavy (non-hydrogen) atoms. The lowest BCUT2D eigenvalue weighted by atomic mass is 9.81. The Labute approximate surface area is 387 Å². The Morgan fingerprint density at radius 1 is 0.862 bits per heavy atom. The molecule has 0 aromatic heterocycles. The molecule has 352 valence electrons. The number of carbonyl (C=O) groups is 1. The molecule has 0 spiro atoms. The first-order valence-electron chi connectivity index (χ1n) is 22.6. The zero-order chi connectivity index (χ0) is 47.7. The molecule has 2 aliphatic heterocycles. The maximum Gasteiger partial charge on any atom is 0.303 e. The van der Waals surface area contributed by atoms with E-state index in [-0.39, 0.29) is 16.2 Å². The van der Waals surface area contributed by atoms with Crippen molar-refractivity contribution < 1.29 is 44.9 Å². The van der Waals surface area contributed by atoms with Gasteiger partial charge in [0.2, 0.25) is 5.69 Å². The summed E-state index contributed by atoms with van der Waals surface area (Å²) in [6.45, 7) is 11.6. The van der Waals surface area contributed by atoms with Crippen LogP contribution < -0.4 is 10.2 Å². The number of allylic oxidation sites excluding steroid dienone is 11. The zero-order valence-electron chi connectivity index (χ0n) is 39.6. The summed E-state index contributed by atoms with van der Waals surface area (Å²) >= 11 is 0. The van der Waals surface area contributed by atoms with Gasteiger partial charge >= 0.3 is 5.97 Å². The van der Waals surface area contributed by atoms with Gasteiger partial charge in [-0.2, -0.15) is 21.4 Å². The molecule has 15 heteroatoms. The van der Waals surface area contributed by atoms with Gasteiger partial charge in [0.15, 0.2) is 12.3 Å². The lowest BCUT2D eigenvalue weighted by Gasteiger charge is -2.28. The average Bonchev–Trinajstić information content (AvgIpc) is 3.55. The van der Waals surface area contributed by atoms with E-state index in [1.807, 2.05) is 20.2 Å². The van der Waals surface area contributed by atoms with Crippen molar-refractivity contribution in [1.29, 1.82) is 0 Å². The highest BCUT2D eigenvalue weighted by Crippen LogP contribution is 2.49. The Kier molecular flexibility index (Phi) is 14.8. The van der Waals surface area contributed by atoms with Crippen molar-refractivity contribution in [1.82, 2.24) is 10.2 Å². The smallest absolute Gasteiger partial charge is 0.303 e. The number of rotatable bonds is 18. The van der Waals surface area contributed by atoms with Crippen LogP contribution in [0.4, 0.5) is 11.4 Å². The first-order valence-corrected chi connectivity index (χ1v) is 25.5. The number of fused-ring (bicyclic) bond motifs is 2. The minimum absolute atomic E-state index is 0.0934. The summed E-state index contributed by atoms with van der Waals surface area (Å²) < 4.78 is 72.4. The SMILES string of the molecule is CN(C)CCCN1C(=CC=C2CCCC(C=CC3=[N+](CCC[N+](C)(C)C)c4ccc(S(=O)(=O)O)cc4C3(C)C)=C2NC2=CC=C(CCC(=O)O)CC2)C(C)(C)c2cc(S(=O)(=O)O)ccc21. The number of nitrogens with one attached hydrogen (secondary N) is 1. The van der Waals surface area contributed by atoms with Gasteiger partial charge in [-0.3, -0.25) is 13.9 Å². The van der Waals surface area contributed by atoms with Crippen molar-refractivity contribution in [2.75, 3.05) is 66.3 Å². The summed E-state index contributed by atoms with van der Waals surface area (Å²) in [6.07, 6.45) is 19.2. The van der Waals surface area contributed by atoms with Crippen LogP contribution in [0.2, 0.25) is 0 Å². The van der Waals surface area contributed by atoms with Crippen molar-refractivity contribution in [2.45, 2.75) is 106 Å². The minimum atomic E-state index is -4.42. The van der Waals surface area contributed by atoms with Gasteiger partial charge in [-0.25, -0.2) is 0 Å². The van der Waals surface area contributed by atoms with E-state index in [0.717, 1.165) is 131 Å². The molecule has 2 heterocycles. The third-order valence-electron chi connectivity index (χ3n) is 13.1. The highest BCUT2D eigenvalue weighted by atomic mass is 32.2. The summed E-state index contributed by atoms with van der Waals surface area (Å²) in [5, 5.41) is 13.1. The number of hydrogen-bond donors (Lipinski definition) is 4. The van der Waals surface area contributed by atoms with Crippen LogP contribution in [-0.2, 0) is 35.9 Å². The number of quaternary nitrogens is 1. The van der Waals surface area contributed by atoms with Crippen LogP contribution in [0.3, 0.4) is 0 Å². The molecule has 0 saturated heterocycles. The minimum Gasteiger partial charge on any atom is -0.481 e. The average molecular weight is 932 g/mol. The van der Waals surface area contributed by atoms with Crippen LogP contribution in [0.1, 0.15) is 96.6 Å². The van der Waals surface area contributed by atoms with E-state index in [1.54, 1.807) is 24.3 Å². The third kappa shape index (κ3) is 11.7. The molecule has 0 atom stereocenters. The molecule has 0 fully saturated rings. The van der Waals surface area contributed by atoms with Crippen LogP contribution in [0.25, 0.3) is 0 Å². The molecular formula is C50H69N5O8S2+2. The predicted molar refractivity (Wildman–Crippen MR) is 258 cm³/mol. The normalized spacial score (nSPS) is 20.0. The largest absolute Gasteiger partial charge is 0.481 e. The molecule has 2 aromatic carbocycles. The van der Waals surface area contributed by atoms with Crippen molar-refractivity contribution in [3.63, 3.8) is 0 Å². The topological polar surface area (TPSA) is 168 Å². The lowest BCUT2D eigenvalue weighted by molar-refractivity contribution is -0.871. The van der Waals surface area contributed by atoms with Crippen molar-refractivity contribution in [3.8, 4) is 0 Å². The number of aliphatic carboxylic acids is 1. The quantitative estimate of drug-likeness (QED) is 0.0646. The first kappa shape index (κ1) is 49.8. The lowest BCUT2D eigenvalue weighted by Crippen LogP contribution is -2.36. The summed E-state index contributed by atoms with van der Waals surface area (Å²) in [5.41, 5.74) is 9.71. The van der Waals surface area contributed by atoms with E-state index >= 15 is 0 Å². The number of benzene rings is 2. The summed E-state index contributed by atoms with van der Waals surface area (Å²) in [5.74, 6) is -0.813. The molecular weight excluding hydrogens is 863 g/mol. The molecule has 4 aliphatic rings. The van der Waals surface area contributed by atoms with Gasteiger partial charge in [-0.15, -0.1) is 0 Å². The Morgan fingerprint density at radius 2 is 1.54 bits per heavy atom. The summed E-state index contributed by atoms with van der Waals surface area (Å²) in [4.78, 5) is 15.5. The number of nitrogens with zero attached hydrogens (tertiary/aromatic N) is 4. The molecule has 0 bridgehead atoms. The van der Waals surface area contributed by atoms with E-state index in [1.165, 1.54) is 12.1 Å². The maximum atomic E-state index is 12.3. The fraction of sp³-hybridized carbons (Fsp3) is 0.480. The van der Waals surface area contributed by atoms with Crippen LogP contribution in [0.5, 0.6) is 0 Å². The molecule has 4 N–H and O–H groups in total. The fourth-order valence-electron chi connectivity index (χ4n) is 9.56. The maximum absolute atomic E-state index is 12.3. The Bertz CT molecular complexity index is 2660. The van der Waals surface area contributed by atoms with Crippen LogP contribution >= 0.6 is 0 Å². The monoisotopic (exact) mass is 931 g/mol. The van der Waals surface area contributed by atoms with E-state index < -0.39 is 37.0 Å². The molecule has 2 aromatic rings. The van der Waals surface area contributed by atoms with Crippen LogP contribution in [0, 0.1) is 0 Å². The van der Waals surface area contributed by atoms with Gasteiger partial charge in [0.1, 0.15) is 0 Å². The number of carboxylic acids is 1. The van der Waals surface area contributed by atoms with Crippen LogP contribution in [0.15, 0.2) is 116 Å². The Balaban J connectivity index is 1.47. The molecule has 6 rings (SSSR count). The Hall–Kier alpha value is -4.64. The highest BCUT2D eigenvalue weighted by Gasteiger charge is 2.45. The molecule has 0 unspecified atom stereocenters. The van der Waals surface area contributed by atoms with Crippen molar-refractivity contribution in [3.05, 3.63) is 118 Å². The van der Waals surface area contributed by atoms with Gasteiger partial charge < -0.3 is 24.7 Å². The fourth-order valence-corrected chi connectivity index (χ4v) is 10.6. The number of hydrogen-bond acceptors (Lipinski definition) is 8. The van der Waals surface area contributed by atoms with Crippen molar-refractivity contribution >= 4 is 43.3 Å². The van der Waals surface area contributed by atoms with E-state index in [4.69, 9.17) is 0 Å². The van der Waals surface area contributed by atoms with Crippen molar-refractivity contribution in [2.24, 2.45) is 0 Å². The number of anilines is 1. The van der Waals surface area contributed by atoms with E-state index in [0.29, 0.717) is 13.0 Å². The Morgan fingerprint density at radius 3 is 2.15 bits per heavy atom. The van der Waals surface area contributed by atoms with Gasteiger partial charge in [-0.05, 0) is 139 Å². The second-order valence-corrected chi connectivity index (χ2v) is 23.0. The van der Waals surface area contributed by atoms with Gasteiger partial charge in [-0.1, -0.05) is 37.6 Å². The van der Waals surface area contributed by atoms with Gasteiger partial charge in [0, 0.05) is 58.9 Å². The van der Waals surface area contributed by atoms with E-state index in [2.05, 4.69) is 98.9 Å². The molecule has 2 aliphatic carbocycles. The number of carboxylic acid groups (broad SMARTS) is 1. The first-order chi connectivity index (χ1) is 30.3. The second kappa shape index (κ2) is 19.3. The second-order valence-electron chi connectivity index (χ2n) is 20.1. The molecule has 13 nitrogen and oxygen atoms in total. The third-order valence-corrected chi connectivity index (χ3v) is 14.8. The summed E-state index contributed by atoms with van der Waals surface area (Å²) in [6, 6.07) is 9.74. The van der Waals surface area contributed by atoms with Gasteiger partial charge in [0.25, 0.3) is 20.2 Å².